The first-order valence-corrected chi connectivity index (χ1v) is 6.86. The van der Waals surface area contributed by atoms with Crippen LogP contribution in [-0.4, -0.2) is 24.6 Å². The van der Waals surface area contributed by atoms with Crippen molar-refractivity contribution in [3.05, 3.63) is 22.3 Å². The van der Waals surface area contributed by atoms with E-state index in [1.807, 2.05) is 19.1 Å². The summed E-state index contributed by atoms with van der Waals surface area (Å²) in [5, 5.41) is 3.27. The predicted molar refractivity (Wildman–Crippen MR) is 75.6 cm³/mol. The van der Waals surface area contributed by atoms with Crippen LogP contribution in [0.2, 0.25) is 0 Å². The molecular formula is C13H19BrN2O2. The van der Waals surface area contributed by atoms with Crippen LogP contribution in [0.1, 0.15) is 31.4 Å². The monoisotopic (exact) mass is 314 g/mol. The van der Waals surface area contributed by atoms with Crippen LogP contribution in [0.4, 0.5) is 5.82 Å². The van der Waals surface area contributed by atoms with Gasteiger partial charge in [0, 0.05) is 17.4 Å². The minimum atomic E-state index is -0.131. The number of unbranched alkanes of at least 4 members (excludes halogenated alkanes) is 2. The normalized spacial score (nSPS) is 10.2. The minimum Gasteiger partial charge on any atom is -0.469 e. The van der Waals surface area contributed by atoms with Gasteiger partial charge in [0.15, 0.2) is 0 Å². The molecule has 0 aliphatic heterocycles. The summed E-state index contributed by atoms with van der Waals surface area (Å²) in [5.74, 6) is 0.761. The Kier molecular flexibility index (Phi) is 6.72. The number of methoxy groups -OCH3 is 1. The number of ether oxygens (including phenoxy) is 1. The average Bonchev–Trinajstić information content (AvgIpc) is 2.37. The highest BCUT2D eigenvalue weighted by molar-refractivity contribution is 9.10. The Hall–Kier alpha value is -1.10. The molecule has 1 aromatic heterocycles. The SMILES string of the molecule is COC(=O)CCCCCNc1ccc(Br)c(C)n1. The van der Waals surface area contributed by atoms with Gasteiger partial charge in [-0.1, -0.05) is 6.42 Å². The van der Waals surface area contributed by atoms with Crippen molar-refractivity contribution in [1.82, 2.24) is 4.98 Å². The molecular weight excluding hydrogens is 296 g/mol. The summed E-state index contributed by atoms with van der Waals surface area (Å²) in [6.45, 7) is 2.83. The van der Waals surface area contributed by atoms with Gasteiger partial charge in [0.2, 0.25) is 0 Å². The van der Waals surface area contributed by atoms with Gasteiger partial charge in [-0.15, -0.1) is 0 Å². The highest BCUT2D eigenvalue weighted by Crippen LogP contribution is 2.16. The van der Waals surface area contributed by atoms with Crippen molar-refractivity contribution in [3.8, 4) is 0 Å². The van der Waals surface area contributed by atoms with Crippen molar-refractivity contribution in [2.45, 2.75) is 32.6 Å². The number of aryl methyl sites for hydroxylation is 1. The molecule has 0 aliphatic rings. The fourth-order valence-corrected chi connectivity index (χ4v) is 1.75. The van der Waals surface area contributed by atoms with Crippen LogP contribution >= 0.6 is 15.9 Å². The molecule has 0 atom stereocenters. The number of carbonyl (C=O) groups is 1. The highest BCUT2D eigenvalue weighted by atomic mass is 79.9. The number of pyridine rings is 1. The number of hydrogen-bond acceptors (Lipinski definition) is 4. The molecule has 0 saturated carbocycles. The van der Waals surface area contributed by atoms with Crippen LogP contribution in [0.15, 0.2) is 16.6 Å². The molecule has 0 radical (unpaired) electrons. The van der Waals surface area contributed by atoms with Gasteiger partial charge >= 0.3 is 5.97 Å². The zero-order valence-corrected chi connectivity index (χ0v) is 12.4. The number of anilines is 1. The quantitative estimate of drug-likeness (QED) is 0.619. The van der Waals surface area contributed by atoms with Crippen molar-refractivity contribution in [3.63, 3.8) is 0 Å². The summed E-state index contributed by atoms with van der Waals surface area (Å²) in [5.41, 5.74) is 0.977. The largest absolute Gasteiger partial charge is 0.469 e. The molecule has 0 saturated heterocycles. The van der Waals surface area contributed by atoms with Crippen LogP contribution in [0.3, 0.4) is 0 Å². The summed E-state index contributed by atoms with van der Waals surface area (Å²) in [7, 11) is 1.42. The van der Waals surface area contributed by atoms with Gasteiger partial charge in [0.05, 0.1) is 12.8 Å². The van der Waals surface area contributed by atoms with E-state index in [-0.39, 0.29) is 5.97 Å². The Bertz CT molecular complexity index is 397. The molecule has 0 bridgehead atoms. The van der Waals surface area contributed by atoms with Gasteiger partial charge in [-0.05, 0) is 47.8 Å². The smallest absolute Gasteiger partial charge is 0.305 e. The topological polar surface area (TPSA) is 51.2 Å². The van der Waals surface area contributed by atoms with Gasteiger partial charge in [-0.25, -0.2) is 4.98 Å². The maximum absolute atomic E-state index is 10.9. The second kappa shape index (κ2) is 8.08. The van der Waals surface area contributed by atoms with E-state index < -0.39 is 0 Å². The Balaban J connectivity index is 2.14. The average molecular weight is 315 g/mol. The number of aromatic nitrogens is 1. The number of nitrogens with one attached hydrogen (secondary N) is 1. The zero-order chi connectivity index (χ0) is 13.4. The Morgan fingerprint density at radius 1 is 1.39 bits per heavy atom. The van der Waals surface area contributed by atoms with E-state index in [9.17, 15) is 4.79 Å². The second-order valence-electron chi connectivity index (χ2n) is 4.08. The molecule has 1 rings (SSSR count). The maximum atomic E-state index is 10.9. The van der Waals surface area contributed by atoms with E-state index in [0.717, 1.165) is 41.8 Å². The van der Waals surface area contributed by atoms with E-state index in [0.29, 0.717) is 6.42 Å². The van der Waals surface area contributed by atoms with Gasteiger partial charge < -0.3 is 10.1 Å². The van der Waals surface area contributed by atoms with E-state index >= 15 is 0 Å². The number of halogens is 1. The van der Waals surface area contributed by atoms with Gasteiger partial charge in [0.25, 0.3) is 0 Å². The third kappa shape index (κ3) is 5.49. The van der Waals surface area contributed by atoms with Crippen LogP contribution in [0.25, 0.3) is 0 Å². The summed E-state index contributed by atoms with van der Waals surface area (Å²) >= 11 is 3.42. The predicted octanol–water partition coefficient (Wildman–Crippen LogP) is 3.30. The molecule has 0 aliphatic carbocycles. The third-order valence-corrected chi connectivity index (χ3v) is 3.45. The van der Waals surface area contributed by atoms with Crippen LogP contribution < -0.4 is 5.32 Å². The van der Waals surface area contributed by atoms with E-state index in [1.54, 1.807) is 0 Å². The van der Waals surface area contributed by atoms with Crippen molar-refractivity contribution in [2.75, 3.05) is 19.0 Å². The van der Waals surface area contributed by atoms with Crippen molar-refractivity contribution in [2.24, 2.45) is 0 Å². The van der Waals surface area contributed by atoms with E-state index in [1.165, 1.54) is 7.11 Å². The first-order valence-electron chi connectivity index (χ1n) is 6.07. The molecule has 5 heteroatoms. The van der Waals surface area contributed by atoms with E-state index in [4.69, 9.17) is 0 Å². The maximum Gasteiger partial charge on any atom is 0.305 e. The summed E-state index contributed by atoms with van der Waals surface area (Å²) in [4.78, 5) is 15.3. The number of hydrogen-bond donors (Lipinski definition) is 1. The lowest BCUT2D eigenvalue weighted by molar-refractivity contribution is -0.140. The van der Waals surface area contributed by atoms with Crippen LogP contribution in [-0.2, 0) is 9.53 Å². The molecule has 1 N–H and O–H groups in total. The number of carbonyl (C=O) groups excluding carboxylic acids is 1. The number of nitrogens with zero attached hydrogens (tertiary/aromatic N) is 1. The van der Waals surface area contributed by atoms with Gasteiger partial charge in [-0.2, -0.15) is 0 Å². The molecule has 100 valence electrons. The first kappa shape index (κ1) is 15.0. The first-order chi connectivity index (χ1) is 8.63. The van der Waals surface area contributed by atoms with Gasteiger partial charge in [0.1, 0.15) is 5.82 Å². The molecule has 1 aromatic rings. The standard InChI is InChI=1S/C13H19BrN2O2/c1-10-11(14)7-8-12(16-10)15-9-5-3-4-6-13(17)18-2/h7-8H,3-6,9H2,1-2H3,(H,15,16). The van der Waals surface area contributed by atoms with Crippen LogP contribution in [0, 0.1) is 6.92 Å². The molecule has 0 amide bonds. The molecule has 0 aromatic carbocycles. The van der Waals surface area contributed by atoms with E-state index in [2.05, 4.69) is 31.0 Å². The molecule has 0 fully saturated rings. The fourth-order valence-electron chi connectivity index (χ4n) is 1.53. The second-order valence-corrected chi connectivity index (χ2v) is 4.93. The highest BCUT2D eigenvalue weighted by Gasteiger charge is 2.00. The summed E-state index contributed by atoms with van der Waals surface area (Å²) in [6, 6.07) is 3.94. The zero-order valence-electron chi connectivity index (χ0n) is 10.8. The van der Waals surface area contributed by atoms with Gasteiger partial charge in [-0.3, -0.25) is 4.79 Å². The minimum absolute atomic E-state index is 0.131. The molecule has 18 heavy (non-hydrogen) atoms. The lowest BCUT2D eigenvalue weighted by Crippen LogP contribution is -2.05. The summed E-state index contributed by atoms with van der Waals surface area (Å²) in [6.07, 6.45) is 3.42. The number of esters is 1. The third-order valence-electron chi connectivity index (χ3n) is 2.61. The molecule has 4 nitrogen and oxygen atoms in total. The Labute approximate surface area is 116 Å². The molecule has 0 spiro atoms. The Morgan fingerprint density at radius 2 is 2.17 bits per heavy atom. The van der Waals surface area contributed by atoms with Crippen LogP contribution in [0.5, 0.6) is 0 Å². The lowest BCUT2D eigenvalue weighted by Gasteiger charge is -2.07. The van der Waals surface area contributed by atoms with Crippen molar-refractivity contribution < 1.29 is 9.53 Å². The van der Waals surface area contributed by atoms with Crippen molar-refractivity contribution >= 4 is 27.7 Å². The molecule has 1 heterocycles. The number of rotatable bonds is 7. The molecule has 0 unspecified atom stereocenters. The van der Waals surface area contributed by atoms with Crippen molar-refractivity contribution in [1.29, 1.82) is 0 Å². The fraction of sp³-hybridized carbons (Fsp3) is 0.538. The Morgan fingerprint density at radius 3 is 2.83 bits per heavy atom. The summed E-state index contributed by atoms with van der Waals surface area (Å²) < 4.78 is 5.60. The lowest BCUT2D eigenvalue weighted by atomic mass is 10.2.